The molecule has 31 heavy (non-hydrogen) atoms. The molecular weight excluding hydrogens is 420 g/mol. The van der Waals surface area contributed by atoms with Crippen molar-refractivity contribution in [2.45, 2.75) is 38.1 Å². The number of furan rings is 1. The molecule has 3 aromatic heterocycles. The minimum atomic E-state index is -4.02. The van der Waals surface area contributed by atoms with E-state index in [1.807, 2.05) is 26.8 Å². The predicted octanol–water partition coefficient (Wildman–Crippen LogP) is 3.48. The summed E-state index contributed by atoms with van der Waals surface area (Å²) in [5.74, 6) is 0. The molecule has 0 radical (unpaired) electrons. The van der Waals surface area contributed by atoms with E-state index in [0.29, 0.717) is 11.1 Å². The molecule has 0 aliphatic heterocycles. The number of carboxylic acid groups (broad SMARTS) is 1. The fourth-order valence-corrected chi connectivity index (χ4v) is 4.49. The second-order valence-electron chi connectivity index (χ2n) is 8.08. The van der Waals surface area contributed by atoms with Crippen LogP contribution in [0.1, 0.15) is 32.0 Å². The monoisotopic (exact) mass is 442 g/mol. The van der Waals surface area contributed by atoms with Gasteiger partial charge in [0.15, 0.2) is 0 Å². The largest absolute Gasteiger partial charge is 0.471 e. The second-order valence-corrected chi connectivity index (χ2v) is 9.89. The summed E-state index contributed by atoms with van der Waals surface area (Å²) in [6.07, 6.45) is 4.36. The lowest BCUT2D eigenvalue weighted by atomic mass is 9.83. The van der Waals surface area contributed by atoms with Crippen LogP contribution in [0.5, 0.6) is 0 Å². The van der Waals surface area contributed by atoms with Crippen LogP contribution in [0.15, 0.2) is 58.5 Å². The number of aromatic nitrogens is 2. The Hall–Kier alpha value is -3.58. The Kier molecular flexibility index (Phi) is 5.90. The van der Waals surface area contributed by atoms with Crippen LogP contribution >= 0.6 is 0 Å². The highest BCUT2D eigenvalue weighted by atomic mass is 32.2. The molecule has 0 spiro atoms. The Morgan fingerprint density at radius 2 is 2.13 bits per heavy atom. The molecule has 10 heteroatoms. The zero-order chi connectivity index (χ0) is 22.8. The van der Waals surface area contributed by atoms with Crippen LogP contribution in [0, 0.1) is 16.7 Å². The first-order chi connectivity index (χ1) is 14.5. The lowest BCUT2D eigenvalue weighted by molar-refractivity contribution is 0.174. The first-order valence-corrected chi connectivity index (χ1v) is 10.8. The van der Waals surface area contributed by atoms with Crippen molar-refractivity contribution in [3.05, 3.63) is 60.4 Å². The molecule has 0 aromatic carbocycles. The van der Waals surface area contributed by atoms with Gasteiger partial charge in [0.05, 0.1) is 12.0 Å². The SMILES string of the molecule is CC(C)(C)C(Cc1cc(-c2cccnc2C#N)n(S(=O)(=O)c2ccoc2)c1)NC(=O)O. The number of nitrogens with zero attached hydrogens (tertiary/aromatic N) is 3. The van der Waals surface area contributed by atoms with Gasteiger partial charge in [-0.25, -0.2) is 22.2 Å². The van der Waals surface area contributed by atoms with Crippen LogP contribution in [-0.2, 0) is 16.4 Å². The molecule has 1 unspecified atom stereocenters. The first-order valence-electron chi connectivity index (χ1n) is 9.38. The molecule has 3 heterocycles. The zero-order valence-corrected chi connectivity index (χ0v) is 18.0. The van der Waals surface area contributed by atoms with E-state index in [9.17, 15) is 23.6 Å². The molecule has 3 rings (SSSR count). The standard InChI is InChI=1S/C21H22N4O5S/c1-21(2,3)19(24-20(26)27)10-14-9-18(16-5-4-7-23-17(16)11-22)25(12-14)31(28,29)15-6-8-30-13-15/h4-9,12-13,19,24H,10H2,1-3H3,(H,26,27). The summed E-state index contributed by atoms with van der Waals surface area (Å²) in [5, 5.41) is 21.2. The van der Waals surface area contributed by atoms with Gasteiger partial charge in [-0.05, 0) is 41.7 Å². The van der Waals surface area contributed by atoms with Gasteiger partial charge < -0.3 is 14.8 Å². The molecule has 9 nitrogen and oxygen atoms in total. The smallest absolute Gasteiger partial charge is 0.404 e. The van der Waals surface area contributed by atoms with Gasteiger partial charge in [-0.1, -0.05) is 20.8 Å². The van der Waals surface area contributed by atoms with Crippen LogP contribution in [0.2, 0.25) is 0 Å². The summed E-state index contributed by atoms with van der Waals surface area (Å²) < 4.78 is 32.5. The molecule has 0 aliphatic carbocycles. The normalized spacial score (nSPS) is 12.8. The average molecular weight is 442 g/mol. The molecule has 1 amide bonds. The third-order valence-electron chi connectivity index (χ3n) is 4.87. The van der Waals surface area contributed by atoms with E-state index in [4.69, 9.17) is 4.42 Å². The minimum Gasteiger partial charge on any atom is -0.471 e. The van der Waals surface area contributed by atoms with Crippen molar-refractivity contribution >= 4 is 16.1 Å². The fraction of sp³-hybridized carbons (Fsp3) is 0.286. The molecule has 0 saturated heterocycles. The van der Waals surface area contributed by atoms with Crippen molar-refractivity contribution < 1.29 is 22.7 Å². The number of nitriles is 1. The molecule has 0 fully saturated rings. The van der Waals surface area contributed by atoms with Crippen LogP contribution in [-0.4, -0.2) is 34.6 Å². The lowest BCUT2D eigenvalue weighted by Gasteiger charge is -2.30. The number of hydrogen-bond acceptors (Lipinski definition) is 6. The van der Waals surface area contributed by atoms with Crippen LogP contribution in [0.25, 0.3) is 11.3 Å². The van der Waals surface area contributed by atoms with Crippen molar-refractivity contribution in [1.29, 1.82) is 5.26 Å². The summed E-state index contributed by atoms with van der Waals surface area (Å²) in [7, 11) is -4.02. The Bertz CT molecular complexity index is 1230. The topological polar surface area (TPSA) is 138 Å². The average Bonchev–Trinajstić information content (AvgIpc) is 3.37. The molecule has 2 N–H and O–H groups in total. The number of rotatable bonds is 6. The summed E-state index contributed by atoms with van der Waals surface area (Å²) in [6, 6.07) is 7.70. The number of amides is 1. The summed E-state index contributed by atoms with van der Waals surface area (Å²) in [4.78, 5) is 15.3. The Morgan fingerprint density at radius 3 is 2.71 bits per heavy atom. The van der Waals surface area contributed by atoms with Crippen molar-refractivity contribution in [2.75, 3.05) is 0 Å². The van der Waals surface area contributed by atoms with Gasteiger partial charge in [-0.15, -0.1) is 0 Å². The third-order valence-corrected chi connectivity index (χ3v) is 6.52. The van der Waals surface area contributed by atoms with Gasteiger partial charge >= 0.3 is 6.09 Å². The highest BCUT2D eigenvalue weighted by Gasteiger charge is 2.29. The van der Waals surface area contributed by atoms with Gasteiger partial charge in [-0.2, -0.15) is 5.26 Å². The molecular formula is C21H22N4O5S. The van der Waals surface area contributed by atoms with E-state index < -0.39 is 27.6 Å². The third kappa shape index (κ3) is 4.62. The summed E-state index contributed by atoms with van der Waals surface area (Å²) in [6.45, 7) is 5.67. The number of carbonyl (C=O) groups is 1. The van der Waals surface area contributed by atoms with Gasteiger partial charge in [0.25, 0.3) is 10.0 Å². The number of pyridine rings is 1. The fourth-order valence-electron chi connectivity index (χ4n) is 3.18. The van der Waals surface area contributed by atoms with Crippen LogP contribution in [0.4, 0.5) is 4.79 Å². The Balaban J connectivity index is 2.17. The molecule has 1 atom stereocenters. The maximum Gasteiger partial charge on any atom is 0.404 e. The van der Waals surface area contributed by atoms with E-state index in [2.05, 4.69) is 10.3 Å². The van der Waals surface area contributed by atoms with E-state index in [0.717, 1.165) is 10.2 Å². The molecule has 3 aromatic rings. The van der Waals surface area contributed by atoms with Gasteiger partial charge in [-0.3, -0.25) is 0 Å². The first kappa shape index (κ1) is 22.1. The maximum absolute atomic E-state index is 13.3. The molecule has 0 bridgehead atoms. The second kappa shape index (κ2) is 8.28. The maximum atomic E-state index is 13.3. The van der Waals surface area contributed by atoms with E-state index in [1.165, 1.54) is 24.7 Å². The number of hydrogen-bond donors (Lipinski definition) is 2. The van der Waals surface area contributed by atoms with Crippen molar-refractivity contribution in [2.24, 2.45) is 5.41 Å². The molecule has 162 valence electrons. The van der Waals surface area contributed by atoms with Crippen LogP contribution < -0.4 is 5.32 Å². The predicted molar refractivity (Wildman–Crippen MR) is 112 cm³/mol. The summed E-state index contributed by atoms with van der Waals surface area (Å²) in [5.41, 5.74) is 0.844. The number of nitrogens with one attached hydrogen (secondary N) is 1. The molecule has 0 saturated carbocycles. The summed E-state index contributed by atoms with van der Waals surface area (Å²) >= 11 is 0. The van der Waals surface area contributed by atoms with Crippen LogP contribution in [0.3, 0.4) is 0 Å². The highest BCUT2D eigenvalue weighted by Crippen LogP contribution is 2.31. The van der Waals surface area contributed by atoms with E-state index >= 15 is 0 Å². The minimum absolute atomic E-state index is 0.0469. The zero-order valence-electron chi connectivity index (χ0n) is 17.2. The van der Waals surface area contributed by atoms with Crippen molar-refractivity contribution in [3.8, 4) is 17.3 Å². The molecule has 0 aliphatic rings. The van der Waals surface area contributed by atoms with Gasteiger partial charge in [0, 0.05) is 24.0 Å². The Labute approximate surface area is 180 Å². The van der Waals surface area contributed by atoms with Gasteiger partial charge in [0.2, 0.25) is 0 Å². The Morgan fingerprint density at radius 1 is 1.39 bits per heavy atom. The van der Waals surface area contributed by atoms with Gasteiger partial charge in [0.1, 0.15) is 22.9 Å². The highest BCUT2D eigenvalue weighted by molar-refractivity contribution is 7.90. The van der Waals surface area contributed by atoms with E-state index in [-0.39, 0.29) is 22.7 Å². The van der Waals surface area contributed by atoms with Crippen molar-refractivity contribution in [3.63, 3.8) is 0 Å². The quantitative estimate of drug-likeness (QED) is 0.596. The lowest BCUT2D eigenvalue weighted by Crippen LogP contribution is -2.44. The van der Waals surface area contributed by atoms with E-state index in [1.54, 1.807) is 18.2 Å². The van der Waals surface area contributed by atoms with Crippen molar-refractivity contribution in [1.82, 2.24) is 14.3 Å².